The summed E-state index contributed by atoms with van der Waals surface area (Å²) in [5.74, 6) is 0.748. The maximum Gasteiger partial charge on any atom is 0.167 e. The van der Waals surface area contributed by atoms with Gasteiger partial charge in [-0.3, -0.25) is 5.43 Å². The Balaban J connectivity index is 1.83. The van der Waals surface area contributed by atoms with E-state index >= 15 is 0 Å². The van der Waals surface area contributed by atoms with Gasteiger partial charge < -0.3 is 0 Å². The minimum absolute atomic E-state index is 0.748. The van der Waals surface area contributed by atoms with Crippen molar-refractivity contribution >= 4 is 44.9 Å². The van der Waals surface area contributed by atoms with Crippen LogP contribution in [0, 0.1) is 0 Å². The highest BCUT2D eigenvalue weighted by Gasteiger charge is 2.02. The van der Waals surface area contributed by atoms with Crippen LogP contribution in [-0.2, 0) is 0 Å². The van der Waals surface area contributed by atoms with Crippen molar-refractivity contribution in [3.63, 3.8) is 0 Å². The number of rotatable bonds is 3. The minimum atomic E-state index is 0.748. The molecule has 3 aromatic rings. The monoisotopic (exact) mass is 260 g/mol. The lowest BCUT2D eigenvalue weighted by atomic mass is 10.4. The van der Waals surface area contributed by atoms with Gasteiger partial charge in [-0.15, -0.1) is 22.7 Å². The first-order valence-electron chi connectivity index (χ1n) is 4.94. The molecule has 0 bridgehead atoms. The van der Waals surface area contributed by atoms with Crippen LogP contribution in [0.15, 0.2) is 40.4 Å². The highest BCUT2D eigenvalue weighted by molar-refractivity contribution is 7.17. The minimum Gasteiger partial charge on any atom is -0.260 e. The van der Waals surface area contributed by atoms with Crippen molar-refractivity contribution in [2.45, 2.75) is 0 Å². The van der Waals surface area contributed by atoms with E-state index in [1.54, 1.807) is 28.9 Å². The van der Waals surface area contributed by atoms with Crippen molar-refractivity contribution in [3.8, 4) is 0 Å². The van der Waals surface area contributed by atoms with Gasteiger partial charge in [0.2, 0.25) is 0 Å². The number of nitrogens with zero attached hydrogens (tertiary/aromatic N) is 3. The number of aromatic nitrogens is 2. The molecule has 17 heavy (non-hydrogen) atoms. The second-order valence-electron chi connectivity index (χ2n) is 3.24. The zero-order chi connectivity index (χ0) is 11.5. The Morgan fingerprint density at radius 3 is 3.06 bits per heavy atom. The maximum atomic E-state index is 4.18. The lowest BCUT2D eigenvalue weighted by Crippen LogP contribution is -1.93. The molecule has 0 unspecified atom stereocenters. The van der Waals surface area contributed by atoms with Crippen molar-refractivity contribution in [1.82, 2.24) is 9.97 Å². The van der Waals surface area contributed by atoms with Crippen LogP contribution < -0.4 is 5.43 Å². The van der Waals surface area contributed by atoms with E-state index in [9.17, 15) is 0 Å². The molecule has 0 atom stereocenters. The summed E-state index contributed by atoms with van der Waals surface area (Å²) in [5.41, 5.74) is 3.89. The fourth-order valence-electron chi connectivity index (χ4n) is 1.39. The molecular weight excluding hydrogens is 252 g/mol. The third kappa shape index (κ3) is 2.17. The van der Waals surface area contributed by atoms with Crippen LogP contribution in [0.2, 0.25) is 0 Å². The summed E-state index contributed by atoms with van der Waals surface area (Å²) >= 11 is 3.25. The molecule has 3 heterocycles. The first-order valence-corrected chi connectivity index (χ1v) is 6.70. The van der Waals surface area contributed by atoms with E-state index < -0.39 is 0 Å². The zero-order valence-electron chi connectivity index (χ0n) is 8.70. The van der Waals surface area contributed by atoms with Gasteiger partial charge in [-0.2, -0.15) is 5.10 Å². The van der Waals surface area contributed by atoms with Gasteiger partial charge in [0.25, 0.3) is 0 Å². The molecule has 0 spiro atoms. The van der Waals surface area contributed by atoms with Gasteiger partial charge in [0.15, 0.2) is 5.82 Å². The van der Waals surface area contributed by atoms with Gasteiger partial charge >= 0.3 is 0 Å². The van der Waals surface area contributed by atoms with Gasteiger partial charge in [-0.1, -0.05) is 6.07 Å². The van der Waals surface area contributed by atoms with Crippen LogP contribution in [0.3, 0.4) is 0 Å². The summed E-state index contributed by atoms with van der Waals surface area (Å²) in [6, 6.07) is 5.97. The topological polar surface area (TPSA) is 50.2 Å². The average Bonchev–Trinajstić information content (AvgIpc) is 2.99. The fraction of sp³-hybridized carbons (Fsp3) is 0. The lowest BCUT2D eigenvalue weighted by molar-refractivity contribution is 1.19. The van der Waals surface area contributed by atoms with Crippen molar-refractivity contribution in [3.05, 3.63) is 40.2 Å². The number of anilines is 1. The van der Waals surface area contributed by atoms with Gasteiger partial charge in [-0.05, 0) is 22.9 Å². The Labute approximate surface area is 106 Å². The summed E-state index contributed by atoms with van der Waals surface area (Å²) in [4.78, 5) is 9.45. The van der Waals surface area contributed by atoms with E-state index in [2.05, 4.69) is 20.5 Å². The number of hydrazone groups is 1. The van der Waals surface area contributed by atoms with Gasteiger partial charge in [0, 0.05) is 4.88 Å². The molecule has 0 fully saturated rings. The van der Waals surface area contributed by atoms with Gasteiger partial charge in [0.05, 0.1) is 16.4 Å². The van der Waals surface area contributed by atoms with E-state index in [0.29, 0.717) is 0 Å². The third-order valence-corrected chi connectivity index (χ3v) is 3.87. The first kappa shape index (κ1) is 10.4. The summed E-state index contributed by atoms with van der Waals surface area (Å²) < 4.78 is 1.02. The van der Waals surface area contributed by atoms with Crippen LogP contribution in [-0.4, -0.2) is 16.2 Å². The number of thiophene rings is 2. The van der Waals surface area contributed by atoms with Crippen molar-refractivity contribution < 1.29 is 0 Å². The summed E-state index contributed by atoms with van der Waals surface area (Å²) in [6.45, 7) is 0. The van der Waals surface area contributed by atoms with E-state index in [-0.39, 0.29) is 0 Å². The van der Waals surface area contributed by atoms with Crippen LogP contribution in [0.5, 0.6) is 0 Å². The van der Waals surface area contributed by atoms with Gasteiger partial charge in [-0.25, -0.2) is 9.97 Å². The predicted molar refractivity (Wildman–Crippen MR) is 73.0 cm³/mol. The fourth-order valence-corrected chi connectivity index (χ4v) is 2.76. The molecule has 1 N–H and O–H groups in total. The molecular formula is C11H8N4S2. The molecule has 0 aliphatic heterocycles. The van der Waals surface area contributed by atoms with Crippen LogP contribution in [0.1, 0.15) is 4.88 Å². The molecule has 0 aliphatic rings. The first-order chi connectivity index (χ1) is 8.43. The van der Waals surface area contributed by atoms with Crippen LogP contribution in [0.4, 0.5) is 5.82 Å². The van der Waals surface area contributed by atoms with E-state index in [4.69, 9.17) is 0 Å². The molecule has 0 aromatic carbocycles. The number of nitrogens with one attached hydrogen (secondary N) is 1. The second-order valence-corrected chi connectivity index (χ2v) is 5.14. The molecule has 0 saturated heterocycles. The van der Waals surface area contributed by atoms with Crippen LogP contribution in [0.25, 0.3) is 10.2 Å². The maximum absolute atomic E-state index is 4.18. The Morgan fingerprint density at radius 1 is 1.18 bits per heavy atom. The van der Waals surface area contributed by atoms with E-state index in [1.807, 2.05) is 29.0 Å². The molecule has 0 amide bonds. The normalized spacial score (nSPS) is 11.3. The molecule has 84 valence electrons. The molecule has 4 nitrogen and oxygen atoms in total. The second kappa shape index (κ2) is 4.60. The smallest absolute Gasteiger partial charge is 0.167 e. The standard InChI is InChI=1S/C11H8N4S2/c1-2-8(16-4-1)6-14-15-11-10-9(3-5-17-10)12-7-13-11/h1-7H,(H,12,13,15). The molecule has 6 heteroatoms. The molecule has 0 aliphatic carbocycles. The molecule has 0 radical (unpaired) electrons. The SMILES string of the molecule is C(=NNc1ncnc2ccsc12)c1cccs1. The summed E-state index contributed by atoms with van der Waals surface area (Å²) in [5, 5.41) is 8.18. The van der Waals surface area contributed by atoms with E-state index in [1.165, 1.54) is 6.33 Å². The Hall–Kier alpha value is -1.79. The largest absolute Gasteiger partial charge is 0.260 e. The third-order valence-electron chi connectivity index (χ3n) is 2.15. The van der Waals surface area contributed by atoms with Gasteiger partial charge in [0.1, 0.15) is 6.33 Å². The van der Waals surface area contributed by atoms with Crippen molar-refractivity contribution in [1.29, 1.82) is 0 Å². The summed E-state index contributed by atoms with van der Waals surface area (Å²) in [6.07, 6.45) is 3.32. The Kier molecular flexibility index (Phi) is 2.81. The lowest BCUT2D eigenvalue weighted by Gasteiger charge is -1.98. The van der Waals surface area contributed by atoms with Crippen molar-refractivity contribution in [2.75, 3.05) is 5.43 Å². The predicted octanol–water partition coefficient (Wildman–Crippen LogP) is 3.20. The quantitative estimate of drug-likeness (QED) is 0.581. The molecule has 3 aromatic heterocycles. The highest BCUT2D eigenvalue weighted by atomic mass is 32.1. The number of hydrogen-bond acceptors (Lipinski definition) is 6. The highest BCUT2D eigenvalue weighted by Crippen LogP contribution is 2.24. The molecule has 0 saturated carbocycles. The zero-order valence-corrected chi connectivity index (χ0v) is 10.3. The van der Waals surface area contributed by atoms with Crippen molar-refractivity contribution in [2.24, 2.45) is 5.10 Å². The Morgan fingerprint density at radius 2 is 2.18 bits per heavy atom. The Bertz CT molecular complexity index is 642. The number of fused-ring (bicyclic) bond motifs is 1. The van der Waals surface area contributed by atoms with E-state index in [0.717, 1.165) is 20.9 Å². The summed E-state index contributed by atoms with van der Waals surface area (Å²) in [7, 11) is 0. The number of hydrogen-bond donors (Lipinski definition) is 1. The average molecular weight is 260 g/mol. The molecule has 3 rings (SSSR count). The van der Waals surface area contributed by atoms with Crippen LogP contribution >= 0.6 is 22.7 Å².